The summed E-state index contributed by atoms with van der Waals surface area (Å²) in [6.45, 7) is 4.64. The first-order chi connectivity index (χ1) is 17.6. The zero-order valence-electron chi connectivity index (χ0n) is 20.7. The first-order valence-electron chi connectivity index (χ1n) is 11.8. The largest absolute Gasteiger partial charge is 0.497 e. The number of imide groups is 1. The van der Waals surface area contributed by atoms with Crippen LogP contribution in [0.2, 0.25) is 0 Å². The molecule has 9 nitrogen and oxygen atoms in total. The molecule has 0 aliphatic carbocycles. The molecule has 2 amide bonds. The molecule has 0 spiro atoms. The van der Waals surface area contributed by atoms with Crippen molar-refractivity contribution in [1.29, 1.82) is 0 Å². The van der Waals surface area contributed by atoms with Gasteiger partial charge in [-0.25, -0.2) is 0 Å². The van der Waals surface area contributed by atoms with E-state index in [4.69, 9.17) is 9.47 Å². The molecule has 0 atom stereocenters. The van der Waals surface area contributed by atoms with Crippen molar-refractivity contribution in [2.24, 2.45) is 5.41 Å². The fourth-order valence-corrected chi connectivity index (χ4v) is 5.02. The molecule has 0 saturated carbocycles. The number of fused-ring (bicyclic) bond motifs is 10. The van der Waals surface area contributed by atoms with Crippen LogP contribution >= 0.6 is 0 Å². The Kier molecular flexibility index (Phi) is 4.72. The Morgan fingerprint density at radius 3 is 2.43 bits per heavy atom. The molecular formula is C28H23N3O6. The number of amides is 2. The highest BCUT2D eigenvalue weighted by Gasteiger charge is 2.36. The highest BCUT2D eigenvalue weighted by molar-refractivity contribution is 6.33. The van der Waals surface area contributed by atoms with Crippen LogP contribution < -0.4 is 10.1 Å². The zero-order chi connectivity index (χ0) is 26.2. The van der Waals surface area contributed by atoms with Crippen LogP contribution in [-0.2, 0) is 9.53 Å². The number of carbonyl (C=O) groups is 4. The van der Waals surface area contributed by atoms with E-state index in [9.17, 15) is 19.2 Å². The van der Waals surface area contributed by atoms with Crippen molar-refractivity contribution < 1.29 is 28.7 Å². The van der Waals surface area contributed by atoms with Crippen LogP contribution in [0.5, 0.6) is 5.75 Å². The normalized spacial score (nSPS) is 13.5. The van der Waals surface area contributed by atoms with Crippen molar-refractivity contribution in [3.63, 3.8) is 0 Å². The van der Waals surface area contributed by atoms with Crippen LogP contribution in [0.4, 0.5) is 0 Å². The Morgan fingerprint density at radius 1 is 0.946 bits per heavy atom. The number of ether oxygens (including phenoxy) is 2. The molecular weight excluding hydrogens is 474 g/mol. The summed E-state index contributed by atoms with van der Waals surface area (Å²) in [4.78, 5) is 52.3. The molecule has 9 heteroatoms. The summed E-state index contributed by atoms with van der Waals surface area (Å²) in [6.07, 6.45) is 0. The Morgan fingerprint density at radius 2 is 1.70 bits per heavy atom. The molecule has 6 rings (SSSR count). The first kappa shape index (κ1) is 22.8. The van der Waals surface area contributed by atoms with Crippen molar-refractivity contribution in [3.8, 4) is 5.75 Å². The molecule has 0 radical (unpaired) electrons. The molecule has 1 N–H and O–H groups in total. The van der Waals surface area contributed by atoms with Crippen LogP contribution in [0.1, 0.15) is 46.4 Å². The molecule has 0 saturated heterocycles. The minimum absolute atomic E-state index is 0.186. The van der Waals surface area contributed by atoms with Gasteiger partial charge in [-0.3, -0.25) is 29.1 Å². The van der Waals surface area contributed by atoms with E-state index >= 15 is 0 Å². The number of nitrogens with one attached hydrogen (secondary N) is 1. The smallest absolute Gasteiger partial charge is 0.311 e. The van der Waals surface area contributed by atoms with Gasteiger partial charge in [0.25, 0.3) is 17.7 Å². The molecule has 0 bridgehead atoms. The molecule has 0 fully saturated rings. The molecule has 1 aliphatic rings. The van der Waals surface area contributed by atoms with Crippen LogP contribution in [-0.4, -0.2) is 46.4 Å². The second-order valence-corrected chi connectivity index (χ2v) is 10.1. The number of rotatable bonds is 3. The van der Waals surface area contributed by atoms with Gasteiger partial charge in [0.1, 0.15) is 11.4 Å². The monoisotopic (exact) mass is 497 g/mol. The van der Waals surface area contributed by atoms with E-state index in [1.807, 2.05) is 30.3 Å². The van der Waals surface area contributed by atoms with Crippen molar-refractivity contribution in [2.75, 3.05) is 13.7 Å². The summed E-state index contributed by atoms with van der Waals surface area (Å²) in [5.74, 6) is -1.52. The van der Waals surface area contributed by atoms with E-state index in [1.54, 1.807) is 43.4 Å². The number of hydrogen-bond donors (Lipinski definition) is 1. The maximum Gasteiger partial charge on any atom is 0.311 e. The summed E-state index contributed by atoms with van der Waals surface area (Å²) in [5, 5.41) is 4.28. The SMILES string of the molecule is COc1ccc2c(c1)c1c3c(n4c5ccccc5cc4c1n2C(=O)COC(=O)C(C)(C)C)C(=O)NC3=O. The lowest BCUT2D eigenvalue weighted by Crippen LogP contribution is -2.27. The zero-order valence-corrected chi connectivity index (χ0v) is 20.7. The van der Waals surface area contributed by atoms with E-state index in [0.717, 1.165) is 10.9 Å². The minimum Gasteiger partial charge on any atom is -0.497 e. The number of benzene rings is 2. The Labute approximate surface area is 210 Å². The van der Waals surface area contributed by atoms with Gasteiger partial charge in [-0.2, -0.15) is 0 Å². The number of aromatic nitrogens is 2. The lowest BCUT2D eigenvalue weighted by molar-refractivity contribution is -0.151. The van der Waals surface area contributed by atoms with E-state index in [-0.39, 0.29) is 11.3 Å². The van der Waals surface area contributed by atoms with Crippen molar-refractivity contribution >= 4 is 61.9 Å². The maximum atomic E-state index is 13.7. The number of hydrogen-bond acceptors (Lipinski definition) is 6. The summed E-state index contributed by atoms with van der Waals surface area (Å²) in [6, 6.07) is 14.5. The third-order valence-electron chi connectivity index (χ3n) is 6.70. The van der Waals surface area contributed by atoms with Crippen molar-refractivity contribution in [2.45, 2.75) is 20.8 Å². The van der Waals surface area contributed by atoms with E-state index < -0.39 is 35.7 Å². The Bertz CT molecular complexity index is 1850. The van der Waals surface area contributed by atoms with Gasteiger partial charge in [0, 0.05) is 16.2 Å². The Balaban J connectivity index is 1.76. The molecule has 4 heterocycles. The second-order valence-electron chi connectivity index (χ2n) is 10.1. The number of para-hydroxylation sites is 1. The highest BCUT2D eigenvalue weighted by Crippen LogP contribution is 2.41. The average molecular weight is 498 g/mol. The van der Waals surface area contributed by atoms with Gasteiger partial charge in [-0.15, -0.1) is 0 Å². The van der Waals surface area contributed by atoms with Crippen molar-refractivity contribution in [1.82, 2.24) is 14.3 Å². The molecule has 3 aromatic heterocycles. The summed E-state index contributed by atoms with van der Waals surface area (Å²) < 4.78 is 14.0. The van der Waals surface area contributed by atoms with Gasteiger partial charge >= 0.3 is 5.97 Å². The summed E-state index contributed by atoms with van der Waals surface area (Å²) in [7, 11) is 1.52. The fourth-order valence-electron chi connectivity index (χ4n) is 5.02. The molecule has 1 aliphatic heterocycles. The number of pyridine rings is 1. The average Bonchev–Trinajstić information content (AvgIpc) is 3.50. The van der Waals surface area contributed by atoms with Gasteiger partial charge in [0.05, 0.1) is 40.2 Å². The molecule has 0 unspecified atom stereocenters. The third-order valence-corrected chi connectivity index (χ3v) is 6.70. The van der Waals surface area contributed by atoms with Crippen LogP contribution in [0.15, 0.2) is 48.5 Å². The highest BCUT2D eigenvalue weighted by atomic mass is 16.5. The van der Waals surface area contributed by atoms with Crippen LogP contribution in [0.25, 0.3) is 38.2 Å². The number of nitrogens with zero attached hydrogens (tertiary/aromatic N) is 2. The van der Waals surface area contributed by atoms with Gasteiger partial charge in [0.15, 0.2) is 6.61 Å². The predicted octanol–water partition coefficient (Wildman–Crippen LogP) is 4.32. The molecule has 5 aromatic rings. The van der Waals surface area contributed by atoms with Crippen molar-refractivity contribution in [3.05, 3.63) is 59.8 Å². The summed E-state index contributed by atoms with van der Waals surface area (Å²) in [5.41, 5.74) is 1.86. The van der Waals surface area contributed by atoms with E-state index in [2.05, 4.69) is 5.32 Å². The quantitative estimate of drug-likeness (QED) is 0.294. The standard InChI is InChI=1S/C28H23N3O6/c1-28(2,3)27(35)37-13-20(32)31-18-10-9-15(36-4)12-16(18)21-22-24(26(34)29-25(22)33)30-17-8-6-5-7-14(17)11-19(30)23(21)31/h5-12H,13H2,1-4H3,(H,29,33,34). The van der Waals surface area contributed by atoms with E-state index in [1.165, 1.54) is 11.7 Å². The summed E-state index contributed by atoms with van der Waals surface area (Å²) >= 11 is 0. The first-order valence-corrected chi connectivity index (χ1v) is 11.8. The number of carbonyl (C=O) groups excluding carboxylic acids is 4. The number of methoxy groups -OCH3 is 1. The van der Waals surface area contributed by atoms with Crippen LogP contribution in [0, 0.1) is 5.41 Å². The van der Waals surface area contributed by atoms with Gasteiger partial charge in [0.2, 0.25) is 0 Å². The topological polar surface area (TPSA) is 108 Å². The van der Waals surface area contributed by atoms with Gasteiger partial charge < -0.3 is 13.9 Å². The van der Waals surface area contributed by atoms with Gasteiger partial charge in [-0.05, 0) is 51.1 Å². The van der Waals surface area contributed by atoms with Gasteiger partial charge in [-0.1, -0.05) is 18.2 Å². The lowest BCUT2D eigenvalue weighted by atomic mass is 9.97. The Hall–Kier alpha value is -4.66. The minimum atomic E-state index is -0.778. The molecule has 37 heavy (non-hydrogen) atoms. The molecule has 2 aromatic carbocycles. The maximum absolute atomic E-state index is 13.7. The predicted molar refractivity (Wildman–Crippen MR) is 137 cm³/mol. The molecule has 186 valence electrons. The number of esters is 1. The second kappa shape index (κ2) is 7.67. The fraction of sp³-hybridized carbons (Fsp3) is 0.214. The third kappa shape index (κ3) is 3.16. The lowest BCUT2D eigenvalue weighted by Gasteiger charge is -2.16. The van der Waals surface area contributed by atoms with Crippen LogP contribution in [0.3, 0.4) is 0 Å². The van der Waals surface area contributed by atoms with E-state index in [0.29, 0.717) is 33.1 Å².